The van der Waals surface area contributed by atoms with E-state index in [1.54, 1.807) is 30.2 Å². The molecule has 186 valence electrons. The van der Waals surface area contributed by atoms with Crippen LogP contribution >= 0.6 is 0 Å². The van der Waals surface area contributed by atoms with Gasteiger partial charge in [0.2, 0.25) is 5.76 Å². The average molecular weight is 479 g/mol. The maximum atomic E-state index is 13.7. The van der Waals surface area contributed by atoms with Gasteiger partial charge in [-0.25, -0.2) is 0 Å². The summed E-state index contributed by atoms with van der Waals surface area (Å²) in [6.45, 7) is 10.3. The highest BCUT2D eigenvalue weighted by molar-refractivity contribution is 5.99. The maximum Gasteiger partial charge on any atom is 0.290 e. The monoisotopic (exact) mass is 478 g/mol. The number of nitrogens with zero attached hydrogens (tertiary/aromatic N) is 2. The van der Waals surface area contributed by atoms with E-state index in [0.717, 1.165) is 43.8 Å². The minimum Gasteiger partial charge on any atom is -0.497 e. The van der Waals surface area contributed by atoms with Gasteiger partial charge in [0.15, 0.2) is 5.43 Å². The fourth-order valence-electron chi connectivity index (χ4n) is 4.67. The zero-order valence-electron chi connectivity index (χ0n) is 21.0. The smallest absolute Gasteiger partial charge is 0.290 e. The van der Waals surface area contributed by atoms with Crippen LogP contribution in [0.15, 0.2) is 51.7 Å². The predicted molar refractivity (Wildman–Crippen MR) is 137 cm³/mol. The van der Waals surface area contributed by atoms with Crippen molar-refractivity contribution in [2.45, 2.75) is 39.7 Å². The molecule has 0 saturated heterocycles. The van der Waals surface area contributed by atoms with Crippen LogP contribution in [0.25, 0.3) is 11.0 Å². The number of rotatable bonds is 11. The second kappa shape index (κ2) is 11.0. The number of hydrogen-bond acceptors (Lipinski definition) is 6. The highest BCUT2D eigenvalue weighted by Crippen LogP contribution is 2.39. The number of carbonyl (C=O) groups is 1. The van der Waals surface area contributed by atoms with Crippen molar-refractivity contribution in [1.29, 1.82) is 0 Å². The molecule has 1 aliphatic rings. The largest absolute Gasteiger partial charge is 0.497 e. The summed E-state index contributed by atoms with van der Waals surface area (Å²) in [5.74, 6) is 1.21. The summed E-state index contributed by atoms with van der Waals surface area (Å²) in [4.78, 5) is 31.3. The van der Waals surface area contributed by atoms with Crippen LogP contribution in [0, 0.1) is 0 Å². The Morgan fingerprint density at radius 1 is 1.00 bits per heavy atom. The molecule has 35 heavy (non-hydrogen) atoms. The summed E-state index contributed by atoms with van der Waals surface area (Å²) in [6.07, 6.45) is 1.72. The van der Waals surface area contributed by atoms with E-state index in [-0.39, 0.29) is 17.1 Å². The summed E-state index contributed by atoms with van der Waals surface area (Å²) in [5.41, 5.74) is 1.44. The Morgan fingerprint density at radius 2 is 1.71 bits per heavy atom. The van der Waals surface area contributed by atoms with Crippen molar-refractivity contribution in [3.8, 4) is 11.5 Å². The van der Waals surface area contributed by atoms with E-state index in [0.29, 0.717) is 35.4 Å². The Hall–Kier alpha value is -3.32. The number of hydrogen-bond donors (Lipinski definition) is 0. The number of carbonyl (C=O) groups excluding carboxylic acids is 1. The van der Waals surface area contributed by atoms with Crippen LogP contribution in [0.1, 0.15) is 61.3 Å². The molecule has 1 amide bonds. The van der Waals surface area contributed by atoms with Crippen LogP contribution in [-0.4, -0.2) is 55.6 Å². The van der Waals surface area contributed by atoms with E-state index in [1.807, 2.05) is 24.3 Å². The predicted octanol–water partition coefficient (Wildman–Crippen LogP) is 4.87. The molecule has 2 aromatic carbocycles. The lowest BCUT2D eigenvalue weighted by atomic mass is 9.98. The molecule has 0 radical (unpaired) electrons. The van der Waals surface area contributed by atoms with E-state index in [4.69, 9.17) is 13.9 Å². The molecule has 2 heterocycles. The molecule has 0 N–H and O–H groups in total. The van der Waals surface area contributed by atoms with E-state index in [1.165, 1.54) is 0 Å². The number of ether oxygens (including phenoxy) is 2. The third-order valence-corrected chi connectivity index (χ3v) is 6.61. The maximum absolute atomic E-state index is 13.7. The van der Waals surface area contributed by atoms with Gasteiger partial charge < -0.3 is 23.7 Å². The molecule has 1 aromatic heterocycles. The van der Waals surface area contributed by atoms with E-state index < -0.39 is 6.04 Å². The third kappa shape index (κ3) is 4.91. The minimum absolute atomic E-state index is 0.120. The normalized spacial score (nSPS) is 15.2. The van der Waals surface area contributed by atoms with Gasteiger partial charge in [-0.3, -0.25) is 9.59 Å². The zero-order valence-corrected chi connectivity index (χ0v) is 21.0. The minimum atomic E-state index is -0.503. The zero-order chi connectivity index (χ0) is 24.9. The van der Waals surface area contributed by atoms with Crippen molar-refractivity contribution < 1.29 is 18.7 Å². The molecule has 0 spiro atoms. The van der Waals surface area contributed by atoms with Gasteiger partial charge in [-0.1, -0.05) is 32.9 Å². The number of fused-ring (bicyclic) bond motifs is 2. The van der Waals surface area contributed by atoms with Gasteiger partial charge in [0.25, 0.3) is 5.91 Å². The highest BCUT2D eigenvalue weighted by Gasteiger charge is 2.42. The van der Waals surface area contributed by atoms with Crippen molar-refractivity contribution in [2.75, 3.05) is 39.9 Å². The van der Waals surface area contributed by atoms with Crippen LogP contribution in [-0.2, 0) is 0 Å². The standard InChI is InChI=1S/C28H34N2O5/c1-5-17-34-20-11-9-19(10-12-20)25-24-26(31)22-14-13-21(33-4)18-23(22)35-27(24)28(32)30(25)16-8-15-29(6-2)7-3/h9-14,18,25H,5-8,15-17H2,1-4H3. The van der Waals surface area contributed by atoms with Gasteiger partial charge in [-0.05, 0) is 62.3 Å². The highest BCUT2D eigenvalue weighted by atomic mass is 16.5. The van der Waals surface area contributed by atoms with Gasteiger partial charge >= 0.3 is 0 Å². The fraction of sp³-hybridized carbons (Fsp3) is 0.429. The van der Waals surface area contributed by atoms with Crippen LogP contribution in [0.3, 0.4) is 0 Å². The van der Waals surface area contributed by atoms with Crippen LogP contribution in [0.5, 0.6) is 11.5 Å². The quantitative estimate of drug-likeness (QED) is 0.392. The molecular weight excluding hydrogens is 444 g/mol. The molecule has 4 rings (SSSR count). The first-order valence-electron chi connectivity index (χ1n) is 12.4. The third-order valence-electron chi connectivity index (χ3n) is 6.61. The molecular formula is C28H34N2O5. The average Bonchev–Trinajstić information content (AvgIpc) is 3.17. The number of amides is 1. The summed E-state index contributed by atoms with van der Waals surface area (Å²) in [5, 5.41) is 0.440. The Kier molecular flexibility index (Phi) is 7.76. The van der Waals surface area contributed by atoms with E-state index in [2.05, 4.69) is 25.7 Å². The van der Waals surface area contributed by atoms with Gasteiger partial charge in [0.1, 0.15) is 17.1 Å². The Bertz CT molecular complexity index is 1230. The van der Waals surface area contributed by atoms with Gasteiger partial charge in [-0.15, -0.1) is 0 Å². The van der Waals surface area contributed by atoms with Crippen LogP contribution in [0.2, 0.25) is 0 Å². The van der Waals surface area contributed by atoms with Gasteiger partial charge in [-0.2, -0.15) is 0 Å². The lowest BCUT2D eigenvalue weighted by Crippen LogP contribution is -2.33. The molecule has 3 aromatic rings. The van der Waals surface area contributed by atoms with E-state index >= 15 is 0 Å². The summed E-state index contributed by atoms with van der Waals surface area (Å²) in [6, 6.07) is 12.3. The Balaban J connectivity index is 1.76. The van der Waals surface area contributed by atoms with Crippen molar-refractivity contribution in [1.82, 2.24) is 9.80 Å². The molecule has 0 aliphatic carbocycles. The first-order valence-corrected chi connectivity index (χ1v) is 12.4. The summed E-state index contributed by atoms with van der Waals surface area (Å²) >= 11 is 0. The molecule has 0 fully saturated rings. The molecule has 0 saturated carbocycles. The summed E-state index contributed by atoms with van der Waals surface area (Å²) in [7, 11) is 1.55. The molecule has 7 heteroatoms. The molecule has 1 unspecified atom stereocenters. The lowest BCUT2D eigenvalue weighted by molar-refractivity contribution is 0.0720. The van der Waals surface area contributed by atoms with Crippen molar-refractivity contribution in [3.63, 3.8) is 0 Å². The molecule has 1 aliphatic heterocycles. The molecule has 7 nitrogen and oxygen atoms in total. The number of benzene rings is 2. The Morgan fingerprint density at radius 3 is 2.37 bits per heavy atom. The number of methoxy groups -OCH3 is 1. The van der Waals surface area contributed by atoms with Crippen LogP contribution < -0.4 is 14.9 Å². The van der Waals surface area contributed by atoms with Crippen molar-refractivity contribution in [3.05, 3.63) is 69.6 Å². The van der Waals surface area contributed by atoms with Crippen molar-refractivity contribution >= 4 is 16.9 Å². The van der Waals surface area contributed by atoms with Crippen molar-refractivity contribution in [2.24, 2.45) is 0 Å². The molecule has 0 bridgehead atoms. The van der Waals surface area contributed by atoms with Gasteiger partial charge in [0, 0.05) is 12.6 Å². The van der Waals surface area contributed by atoms with Gasteiger partial charge in [0.05, 0.1) is 30.7 Å². The summed E-state index contributed by atoms with van der Waals surface area (Å²) < 4.78 is 17.1. The first-order chi connectivity index (χ1) is 17.0. The second-order valence-corrected chi connectivity index (χ2v) is 8.74. The topological polar surface area (TPSA) is 72.2 Å². The first kappa shape index (κ1) is 24.8. The fourth-order valence-corrected chi connectivity index (χ4v) is 4.67. The lowest BCUT2D eigenvalue weighted by Gasteiger charge is -2.26. The SMILES string of the molecule is CCCOc1ccc(C2c3c(oc4cc(OC)ccc4c3=O)C(=O)N2CCCN(CC)CC)cc1. The van der Waals surface area contributed by atoms with E-state index in [9.17, 15) is 9.59 Å². The Labute approximate surface area is 206 Å². The van der Waals surface area contributed by atoms with Crippen LogP contribution in [0.4, 0.5) is 0 Å². The molecule has 1 atom stereocenters. The second-order valence-electron chi connectivity index (χ2n) is 8.74.